The molecule has 0 bridgehead atoms. The van der Waals surface area contributed by atoms with E-state index in [1.165, 1.54) is 6.92 Å². The molecule has 0 fully saturated rings. The van der Waals surface area contributed by atoms with Gasteiger partial charge in [0.15, 0.2) is 13.2 Å². The van der Waals surface area contributed by atoms with Crippen LogP contribution in [0.3, 0.4) is 0 Å². The van der Waals surface area contributed by atoms with E-state index < -0.39 is 67.9 Å². The van der Waals surface area contributed by atoms with E-state index in [-0.39, 0.29) is 12.3 Å². The van der Waals surface area contributed by atoms with E-state index in [9.17, 15) is 44.3 Å². The summed E-state index contributed by atoms with van der Waals surface area (Å²) in [6, 6.07) is 0.813. The molecule has 0 aliphatic carbocycles. The van der Waals surface area contributed by atoms with Crippen molar-refractivity contribution < 1.29 is 58.5 Å². The van der Waals surface area contributed by atoms with Crippen LogP contribution >= 0.6 is 0 Å². The van der Waals surface area contributed by atoms with Gasteiger partial charge in [-0.1, -0.05) is 0 Å². The monoisotopic (exact) mass is 537 g/mol. The van der Waals surface area contributed by atoms with Crippen LogP contribution in [0.15, 0.2) is 24.4 Å². The van der Waals surface area contributed by atoms with Crippen molar-refractivity contribution >= 4 is 17.7 Å². The Balaban J connectivity index is 2.31. The molecule has 0 spiro atoms. The molecule has 0 saturated carbocycles. The Morgan fingerprint density at radius 3 is 1.92 bits per heavy atom. The molecule has 2 amide bonds. The molecule has 2 rings (SSSR count). The fraction of sp³-hybridized carbons (Fsp3) is 0.444. The standard InChI is InChI=1S/C18H16F9N5O4/c1-2-34-9-32(10-3-4-11(28-6-10)18(25,26)27)15(33)31-14-29-12(35-7-16(19,20)21)5-13(30-14)36-8-17(22,23)24/h3-6H,2,7-9H2,1H3,(H,29,30,31,33). The van der Waals surface area contributed by atoms with Crippen LogP contribution in [0.1, 0.15) is 12.6 Å². The van der Waals surface area contributed by atoms with Crippen molar-refractivity contribution in [1.82, 2.24) is 15.0 Å². The van der Waals surface area contributed by atoms with Crippen molar-refractivity contribution in [3.05, 3.63) is 30.1 Å². The maximum Gasteiger partial charge on any atom is 0.433 e. The topological polar surface area (TPSA) is 98.7 Å². The lowest BCUT2D eigenvalue weighted by molar-refractivity contribution is -0.154. The van der Waals surface area contributed by atoms with Crippen LogP contribution in [0.4, 0.5) is 55.9 Å². The number of hydrogen-bond donors (Lipinski definition) is 1. The van der Waals surface area contributed by atoms with Crippen LogP contribution in [0.25, 0.3) is 0 Å². The lowest BCUT2D eigenvalue weighted by Gasteiger charge is -2.22. The fourth-order valence-electron chi connectivity index (χ4n) is 2.23. The van der Waals surface area contributed by atoms with Gasteiger partial charge in [-0.2, -0.15) is 49.5 Å². The predicted octanol–water partition coefficient (Wildman–Crippen LogP) is 4.81. The summed E-state index contributed by atoms with van der Waals surface area (Å²) >= 11 is 0. The van der Waals surface area contributed by atoms with Gasteiger partial charge >= 0.3 is 24.6 Å². The van der Waals surface area contributed by atoms with Gasteiger partial charge in [0.25, 0.3) is 0 Å². The molecule has 18 heteroatoms. The molecule has 0 unspecified atom stereocenters. The molecule has 200 valence electrons. The third kappa shape index (κ3) is 9.59. The number of anilines is 2. The summed E-state index contributed by atoms with van der Waals surface area (Å²) in [4.78, 5) is 23.6. The molecule has 36 heavy (non-hydrogen) atoms. The highest BCUT2D eigenvalue weighted by Gasteiger charge is 2.33. The Kier molecular flexibility index (Phi) is 9.11. The van der Waals surface area contributed by atoms with Crippen molar-refractivity contribution in [2.75, 3.05) is 36.8 Å². The first-order chi connectivity index (χ1) is 16.6. The van der Waals surface area contributed by atoms with Gasteiger partial charge in [-0.25, -0.2) is 9.78 Å². The molecule has 0 atom stereocenters. The molecule has 0 saturated heterocycles. The van der Waals surface area contributed by atoms with E-state index in [1.54, 1.807) is 0 Å². The number of alkyl halides is 9. The smallest absolute Gasteiger partial charge is 0.433 e. The first-order valence-corrected chi connectivity index (χ1v) is 9.55. The van der Waals surface area contributed by atoms with E-state index in [2.05, 4.69) is 24.4 Å². The zero-order valence-electron chi connectivity index (χ0n) is 18.0. The molecule has 0 aliphatic heterocycles. The molecule has 0 aromatic carbocycles. The zero-order chi connectivity index (χ0) is 27.1. The molecule has 1 N–H and O–H groups in total. The fourth-order valence-corrected chi connectivity index (χ4v) is 2.23. The third-order valence-electron chi connectivity index (χ3n) is 3.68. The average Bonchev–Trinajstić information content (AvgIpc) is 2.75. The summed E-state index contributed by atoms with van der Waals surface area (Å²) < 4.78 is 127. The highest BCUT2D eigenvalue weighted by atomic mass is 19.4. The Morgan fingerprint density at radius 2 is 1.50 bits per heavy atom. The number of carbonyl (C=O) groups excluding carboxylic acids is 1. The molecule has 0 radical (unpaired) electrons. The number of nitrogens with zero attached hydrogens (tertiary/aromatic N) is 4. The molecule has 2 aromatic heterocycles. The first-order valence-electron chi connectivity index (χ1n) is 9.55. The van der Waals surface area contributed by atoms with E-state index >= 15 is 0 Å². The first kappa shape index (κ1) is 28.7. The zero-order valence-corrected chi connectivity index (χ0v) is 18.0. The van der Waals surface area contributed by atoms with Crippen LogP contribution in [0.2, 0.25) is 0 Å². The number of hydrogen-bond acceptors (Lipinski definition) is 7. The summed E-state index contributed by atoms with van der Waals surface area (Å²) in [7, 11) is 0. The number of rotatable bonds is 9. The predicted molar refractivity (Wildman–Crippen MR) is 102 cm³/mol. The molecule has 0 aliphatic rings. The number of ether oxygens (including phenoxy) is 3. The summed E-state index contributed by atoms with van der Waals surface area (Å²) in [6.45, 7) is -2.68. The van der Waals surface area contributed by atoms with Gasteiger partial charge in [-0.3, -0.25) is 10.2 Å². The Morgan fingerprint density at radius 1 is 0.944 bits per heavy atom. The summed E-state index contributed by atoms with van der Waals surface area (Å²) in [5.41, 5.74) is -1.46. The van der Waals surface area contributed by atoms with Crippen molar-refractivity contribution in [2.24, 2.45) is 0 Å². The van der Waals surface area contributed by atoms with Crippen LogP contribution in [0.5, 0.6) is 11.8 Å². The second-order valence-corrected chi connectivity index (χ2v) is 6.56. The van der Waals surface area contributed by atoms with Gasteiger partial charge in [0, 0.05) is 6.61 Å². The Hall–Kier alpha value is -3.57. The second kappa shape index (κ2) is 11.4. The Bertz CT molecular complexity index is 978. The second-order valence-electron chi connectivity index (χ2n) is 6.56. The Labute approximate surface area is 196 Å². The summed E-state index contributed by atoms with van der Waals surface area (Å²) in [5, 5.41) is 1.98. The minimum absolute atomic E-state index is 0.0601. The van der Waals surface area contributed by atoms with Gasteiger partial charge in [0.2, 0.25) is 17.7 Å². The minimum atomic E-state index is -4.83. The molecule has 2 heterocycles. The van der Waals surface area contributed by atoms with Gasteiger partial charge in [-0.15, -0.1) is 0 Å². The third-order valence-corrected chi connectivity index (χ3v) is 3.68. The van der Waals surface area contributed by atoms with Crippen LogP contribution in [0, 0.1) is 0 Å². The largest absolute Gasteiger partial charge is 0.468 e. The highest BCUT2D eigenvalue weighted by Crippen LogP contribution is 2.29. The number of urea groups is 1. The lowest BCUT2D eigenvalue weighted by atomic mass is 10.3. The van der Waals surface area contributed by atoms with E-state index in [0.717, 1.165) is 11.0 Å². The quantitative estimate of drug-likeness (QED) is 0.362. The van der Waals surface area contributed by atoms with Crippen molar-refractivity contribution in [3.63, 3.8) is 0 Å². The number of aromatic nitrogens is 3. The van der Waals surface area contributed by atoms with Crippen molar-refractivity contribution in [1.29, 1.82) is 0 Å². The maximum absolute atomic E-state index is 12.8. The van der Waals surface area contributed by atoms with Gasteiger partial charge in [-0.05, 0) is 19.1 Å². The average molecular weight is 537 g/mol. The maximum atomic E-state index is 12.8. The normalized spacial score (nSPS) is 12.3. The number of nitrogens with one attached hydrogen (secondary N) is 1. The van der Waals surface area contributed by atoms with E-state index in [4.69, 9.17) is 4.74 Å². The molecular formula is C18H16F9N5O4. The molecule has 9 nitrogen and oxygen atoms in total. The van der Waals surface area contributed by atoms with E-state index in [1.807, 2.05) is 5.32 Å². The molecule has 2 aromatic rings. The summed E-state index contributed by atoms with van der Waals surface area (Å²) in [5.74, 6) is -2.61. The van der Waals surface area contributed by atoms with Crippen molar-refractivity contribution in [3.8, 4) is 11.8 Å². The lowest BCUT2D eigenvalue weighted by Crippen LogP contribution is -2.37. The molecular weight excluding hydrogens is 521 g/mol. The highest BCUT2D eigenvalue weighted by molar-refractivity contribution is 6.00. The minimum Gasteiger partial charge on any atom is -0.468 e. The number of amides is 2. The van der Waals surface area contributed by atoms with Crippen LogP contribution < -0.4 is 19.7 Å². The van der Waals surface area contributed by atoms with Gasteiger partial charge in [0.1, 0.15) is 12.4 Å². The van der Waals surface area contributed by atoms with Gasteiger partial charge in [0.05, 0.1) is 18.0 Å². The van der Waals surface area contributed by atoms with Crippen molar-refractivity contribution in [2.45, 2.75) is 25.5 Å². The number of carbonyl (C=O) groups is 1. The number of halogens is 9. The van der Waals surface area contributed by atoms with Crippen LogP contribution in [-0.4, -0.2) is 59.9 Å². The number of pyridine rings is 1. The SMILES string of the molecule is CCOCN(C(=O)Nc1nc(OCC(F)(F)F)cc(OCC(F)(F)F)n1)c1ccc(C(F)(F)F)nc1. The van der Waals surface area contributed by atoms with E-state index in [0.29, 0.717) is 18.3 Å². The summed E-state index contributed by atoms with van der Waals surface area (Å²) in [6.07, 6.45) is -13.7. The van der Waals surface area contributed by atoms with Gasteiger partial charge < -0.3 is 14.2 Å². The van der Waals surface area contributed by atoms with Crippen LogP contribution in [-0.2, 0) is 10.9 Å².